The molecule has 7 nitrogen and oxygen atoms in total. The van der Waals surface area contributed by atoms with E-state index in [-0.39, 0.29) is 11.7 Å². The first-order valence-corrected chi connectivity index (χ1v) is 10.1. The number of benzene rings is 1. The van der Waals surface area contributed by atoms with Gasteiger partial charge in [0.1, 0.15) is 12.4 Å². The molecule has 0 atom stereocenters. The van der Waals surface area contributed by atoms with Crippen LogP contribution in [0.15, 0.2) is 53.0 Å². The number of hydrogen-bond acceptors (Lipinski definition) is 7. The number of aromatic nitrogens is 2. The number of thiazole rings is 1. The van der Waals surface area contributed by atoms with Gasteiger partial charge in [-0.05, 0) is 31.2 Å². The molecule has 144 valence electrons. The summed E-state index contributed by atoms with van der Waals surface area (Å²) in [5, 5.41) is 3.25. The Morgan fingerprint density at radius 3 is 2.89 bits per heavy atom. The Labute approximate surface area is 170 Å². The number of carbonyl (C=O) groups is 2. The molecule has 0 aliphatic rings. The lowest BCUT2D eigenvalue weighted by Crippen LogP contribution is -2.12. The summed E-state index contributed by atoms with van der Waals surface area (Å²) in [6.45, 7) is 2.19. The molecule has 2 heterocycles. The molecule has 0 bridgehead atoms. The third-order valence-electron chi connectivity index (χ3n) is 3.54. The van der Waals surface area contributed by atoms with E-state index < -0.39 is 5.91 Å². The average molecular weight is 415 g/mol. The van der Waals surface area contributed by atoms with E-state index >= 15 is 0 Å². The van der Waals surface area contributed by atoms with E-state index in [2.05, 4.69) is 15.3 Å². The highest BCUT2D eigenvalue weighted by Crippen LogP contribution is 2.32. The van der Waals surface area contributed by atoms with Crippen LogP contribution in [0.5, 0.6) is 5.75 Å². The Balaban J connectivity index is 1.63. The maximum Gasteiger partial charge on any atom is 0.257 e. The van der Waals surface area contributed by atoms with E-state index in [1.165, 1.54) is 23.1 Å². The van der Waals surface area contributed by atoms with Gasteiger partial charge in [0.05, 0.1) is 15.7 Å². The fourth-order valence-corrected chi connectivity index (χ4v) is 4.13. The average Bonchev–Trinajstić information content (AvgIpc) is 3.04. The van der Waals surface area contributed by atoms with Crippen molar-refractivity contribution in [2.75, 3.05) is 11.1 Å². The molecule has 2 aromatic heterocycles. The van der Waals surface area contributed by atoms with Crippen molar-refractivity contribution in [1.82, 2.24) is 9.97 Å². The minimum Gasteiger partial charge on any atom is -0.489 e. The van der Waals surface area contributed by atoms with Gasteiger partial charge in [0.15, 0.2) is 5.13 Å². The second-order valence-electron chi connectivity index (χ2n) is 5.78. The van der Waals surface area contributed by atoms with Crippen LogP contribution in [0.4, 0.5) is 5.13 Å². The van der Waals surface area contributed by atoms with Crippen molar-refractivity contribution in [3.05, 3.63) is 65.6 Å². The number of rotatable bonds is 8. The molecular weight excluding hydrogens is 396 g/mol. The molecule has 0 radical (unpaired) electrons. The fraction of sp³-hybridized carbons (Fsp3) is 0.158. The van der Waals surface area contributed by atoms with Gasteiger partial charge in [0, 0.05) is 23.5 Å². The van der Waals surface area contributed by atoms with Crippen LogP contribution in [0.1, 0.15) is 21.6 Å². The fourth-order valence-electron chi connectivity index (χ4n) is 2.25. The van der Waals surface area contributed by atoms with Gasteiger partial charge >= 0.3 is 0 Å². The van der Waals surface area contributed by atoms with E-state index in [1.807, 2.05) is 19.1 Å². The number of anilines is 1. The lowest BCUT2D eigenvalue weighted by Gasteiger charge is -2.08. The van der Waals surface area contributed by atoms with E-state index in [0.29, 0.717) is 23.1 Å². The smallest absolute Gasteiger partial charge is 0.257 e. The van der Waals surface area contributed by atoms with Crippen molar-refractivity contribution in [3.63, 3.8) is 0 Å². The largest absolute Gasteiger partial charge is 0.489 e. The normalized spacial score (nSPS) is 10.5. The SMILES string of the molecule is Cc1nc(NC(=O)c2cccc(OCc3cccnc3)c2)sc1SCC(N)=O. The zero-order valence-electron chi connectivity index (χ0n) is 15.0. The van der Waals surface area contributed by atoms with Crippen molar-refractivity contribution in [3.8, 4) is 5.75 Å². The lowest BCUT2D eigenvalue weighted by molar-refractivity contribution is -0.115. The van der Waals surface area contributed by atoms with Crippen molar-refractivity contribution in [2.24, 2.45) is 5.73 Å². The van der Waals surface area contributed by atoms with Gasteiger partial charge < -0.3 is 10.5 Å². The van der Waals surface area contributed by atoms with E-state index in [0.717, 1.165) is 15.5 Å². The minimum absolute atomic E-state index is 0.173. The summed E-state index contributed by atoms with van der Waals surface area (Å²) in [5.41, 5.74) is 7.32. The number of nitrogens with one attached hydrogen (secondary N) is 1. The molecule has 0 unspecified atom stereocenters. The highest BCUT2D eigenvalue weighted by atomic mass is 32.2. The maximum absolute atomic E-state index is 12.5. The van der Waals surface area contributed by atoms with Crippen LogP contribution in [0, 0.1) is 6.92 Å². The Bertz CT molecular complexity index is 976. The first-order valence-electron chi connectivity index (χ1n) is 8.33. The van der Waals surface area contributed by atoms with Crippen LogP contribution in [0.25, 0.3) is 0 Å². The molecule has 0 aliphatic heterocycles. The summed E-state index contributed by atoms with van der Waals surface area (Å²) in [7, 11) is 0. The number of carbonyl (C=O) groups excluding carboxylic acids is 2. The number of thioether (sulfide) groups is 1. The molecule has 2 amide bonds. The Kier molecular flexibility index (Phi) is 6.62. The van der Waals surface area contributed by atoms with Gasteiger partial charge in [-0.3, -0.25) is 19.9 Å². The van der Waals surface area contributed by atoms with Crippen LogP contribution >= 0.6 is 23.1 Å². The maximum atomic E-state index is 12.5. The first kappa shape index (κ1) is 19.8. The van der Waals surface area contributed by atoms with Gasteiger partial charge in [0.2, 0.25) is 5.91 Å². The molecule has 3 N–H and O–H groups in total. The number of ether oxygens (including phenoxy) is 1. The van der Waals surface area contributed by atoms with Gasteiger partial charge in [-0.15, -0.1) is 11.8 Å². The van der Waals surface area contributed by atoms with Crippen molar-refractivity contribution < 1.29 is 14.3 Å². The Morgan fingerprint density at radius 2 is 2.14 bits per heavy atom. The molecule has 0 aliphatic carbocycles. The minimum atomic E-state index is -0.397. The standard InChI is InChI=1S/C19H18N4O3S2/c1-12-18(27-11-16(20)24)28-19(22-12)23-17(25)14-5-2-6-15(8-14)26-10-13-4-3-7-21-9-13/h2-9H,10-11H2,1H3,(H2,20,24)(H,22,23,25). The first-order chi connectivity index (χ1) is 13.5. The second kappa shape index (κ2) is 9.34. The number of aryl methyl sites for hydroxylation is 1. The van der Waals surface area contributed by atoms with Gasteiger partial charge in [-0.25, -0.2) is 4.98 Å². The highest BCUT2D eigenvalue weighted by molar-refractivity contribution is 8.01. The predicted octanol–water partition coefficient (Wildman–Crippen LogP) is 3.26. The number of amides is 2. The van der Waals surface area contributed by atoms with E-state index in [9.17, 15) is 9.59 Å². The molecular formula is C19H18N4O3S2. The number of pyridine rings is 1. The highest BCUT2D eigenvalue weighted by Gasteiger charge is 2.13. The van der Waals surface area contributed by atoms with Crippen LogP contribution in [0.3, 0.4) is 0 Å². The van der Waals surface area contributed by atoms with Crippen LogP contribution in [0.2, 0.25) is 0 Å². The molecule has 9 heteroatoms. The number of primary amides is 1. The summed E-state index contributed by atoms with van der Waals surface area (Å²) < 4.78 is 6.58. The van der Waals surface area contributed by atoms with Crippen LogP contribution in [-0.2, 0) is 11.4 Å². The topological polar surface area (TPSA) is 107 Å². The summed E-state index contributed by atoms with van der Waals surface area (Å²) in [6, 6.07) is 10.7. The Morgan fingerprint density at radius 1 is 1.29 bits per heavy atom. The van der Waals surface area contributed by atoms with Crippen molar-refractivity contribution in [2.45, 2.75) is 17.7 Å². The predicted molar refractivity (Wildman–Crippen MR) is 110 cm³/mol. The monoisotopic (exact) mass is 414 g/mol. The van der Waals surface area contributed by atoms with Crippen molar-refractivity contribution >= 4 is 40.0 Å². The Hall–Kier alpha value is -2.91. The molecule has 0 spiro atoms. The van der Waals surface area contributed by atoms with Crippen LogP contribution < -0.4 is 15.8 Å². The molecule has 3 rings (SSSR count). The van der Waals surface area contributed by atoms with Gasteiger partial charge in [0.25, 0.3) is 5.91 Å². The van der Waals surface area contributed by atoms with E-state index in [4.69, 9.17) is 10.5 Å². The zero-order valence-corrected chi connectivity index (χ0v) is 16.7. The number of hydrogen-bond donors (Lipinski definition) is 2. The van der Waals surface area contributed by atoms with Gasteiger partial charge in [-0.2, -0.15) is 0 Å². The molecule has 28 heavy (non-hydrogen) atoms. The third-order valence-corrected chi connectivity index (χ3v) is 6.00. The molecule has 1 aromatic carbocycles. The van der Waals surface area contributed by atoms with Crippen molar-refractivity contribution in [1.29, 1.82) is 0 Å². The van der Waals surface area contributed by atoms with E-state index in [1.54, 1.807) is 36.7 Å². The molecule has 0 fully saturated rings. The molecule has 3 aromatic rings. The third kappa shape index (κ3) is 5.54. The zero-order chi connectivity index (χ0) is 19.9. The second-order valence-corrected chi connectivity index (χ2v) is 8.02. The quantitative estimate of drug-likeness (QED) is 0.548. The summed E-state index contributed by atoms with van der Waals surface area (Å²) in [4.78, 5) is 31.8. The number of nitrogens with two attached hydrogens (primary N) is 1. The number of nitrogens with zero attached hydrogens (tertiary/aromatic N) is 2. The van der Waals surface area contributed by atoms with Crippen LogP contribution in [-0.4, -0.2) is 27.5 Å². The lowest BCUT2D eigenvalue weighted by atomic mass is 10.2. The molecule has 0 saturated heterocycles. The summed E-state index contributed by atoms with van der Waals surface area (Å²) in [6.07, 6.45) is 3.43. The summed E-state index contributed by atoms with van der Waals surface area (Å²) in [5.74, 6) is 0.0789. The van der Waals surface area contributed by atoms with Gasteiger partial charge in [-0.1, -0.05) is 23.5 Å². The molecule has 0 saturated carbocycles. The summed E-state index contributed by atoms with van der Waals surface area (Å²) >= 11 is 2.62.